The van der Waals surface area contributed by atoms with Gasteiger partial charge in [-0.2, -0.15) is 0 Å². The fourth-order valence-electron chi connectivity index (χ4n) is 7.72. The molecule has 2 aliphatic carbocycles. The van der Waals surface area contributed by atoms with Crippen LogP contribution in [0.25, 0.3) is 0 Å². The Balaban J connectivity index is 1.08. The van der Waals surface area contributed by atoms with Gasteiger partial charge in [0.25, 0.3) is 0 Å². The number of carbonyl (C=O) groups excluding carboxylic acids is 1. The highest BCUT2D eigenvalue weighted by molar-refractivity contribution is 5.75. The standard InChI is InChI=1S/C26H36N2O3/c1-25-8-5-9-26(18-30-26)23(25)14-20-21(24(29)31-22(20)15-25)17-28-12-10-27(11-13-28)16-19-6-3-2-4-7-19/h2-4,6-7,20-23H,5,8-18H2,1H3/p+2/t20-,21-,22-,23-,25-,26+/m1/s1. The van der Waals surface area contributed by atoms with Gasteiger partial charge in [-0.15, -0.1) is 0 Å². The molecule has 5 nitrogen and oxygen atoms in total. The van der Waals surface area contributed by atoms with Crippen LogP contribution in [0, 0.1) is 23.2 Å². The van der Waals surface area contributed by atoms with E-state index >= 15 is 0 Å². The summed E-state index contributed by atoms with van der Waals surface area (Å²) >= 11 is 0. The highest BCUT2D eigenvalue weighted by Crippen LogP contribution is 2.62. The summed E-state index contributed by atoms with van der Waals surface area (Å²) in [6.07, 6.45) is 6.10. The van der Waals surface area contributed by atoms with Gasteiger partial charge in [0.15, 0.2) is 0 Å². The zero-order chi connectivity index (χ0) is 21.1. The first-order valence-electron chi connectivity index (χ1n) is 12.6. The summed E-state index contributed by atoms with van der Waals surface area (Å²) in [6.45, 7) is 10.2. The van der Waals surface area contributed by atoms with Crippen LogP contribution in [0.5, 0.6) is 0 Å². The lowest BCUT2D eigenvalue weighted by Crippen LogP contribution is -3.27. The molecule has 3 aliphatic heterocycles. The third-order valence-corrected chi connectivity index (χ3v) is 9.55. The third-order valence-electron chi connectivity index (χ3n) is 9.55. The number of hydrogen-bond acceptors (Lipinski definition) is 3. The average molecular weight is 427 g/mol. The molecule has 3 saturated heterocycles. The smallest absolute Gasteiger partial charge is 0.315 e. The van der Waals surface area contributed by atoms with E-state index in [9.17, 15) is 4.79 Å². The highest BCUT2D eigenvalue weighted by atomic mass is 16.6. The van der Waals surface area contributed by atoms with Crippen molar-refractivity contribution in [1.29, 1.82) is 0 Å². The molecule has 2 N–H and O–H groups in total. The topological polar surface area (TPSA) is 47.7 Å². The number of benzene rings is 1. The number of hydrogen-bond donors (Lipinski definition) is 2. The zero-order valence-corrected chi connectivity index (χ0v) is 18.9. The number of piperazine rings is 1. The fourth-order valence-corrected chi connectivity index (χ4v) is 7.72. The van der Waals surface area contributed by atoms with Crippen LogP contribution in [0.4, 0.5) is 0 Å². The van der Waals surface area contributed by atoms with Crippen molar-refractivity contribution in [3.8, 4) is 0 Å². The van der Waals surface area contributed by atoms with Gasteiger partial charge in [0, 0.05) is 11.5 Å². The van der Waals surface area contributed by atoms with E-state index in [0.29, 0.717) is 17.3 Å². The number of rotatable bonds is 4. The molecule has 168 valence electrons. The second kappa shape index (κ2) is 7.57. The lowest BCUT2D eigenvalue weighted by Gasteiger charge is -2.51. The Kier molecular flexibility index (Phi) is 4.93. The van der Waals surface area contributed by atoms with Crippen LogP contribution >= 0.6 is 0 Å². The minimum atomic E-state index is 0.0922. The van der Waals surface area contributed by atoms with Gasteiger partial charge < -0.3 is 19.3 Å². The lowest BCUT2D eigenvalue weighted by atomic mass is 9.53. The Labute approximate surface area is 186 Å². The summed E-state index contributed by atoms with van der Waals surface area (Å²) < 4.78 is 12.1. The molecule has 6 atom stereocenters. The van der Waals surface area contributed by atoms with E-state index in [4.69, 9.17) is 9.47 Å². The van der Waals surface area contributed by atoms with Gasteiger partial charge in [0.1, 0.15) is 44.7 Å². The predicted octanol–water partition coefficient (Wildman–Crippen LogP) is 0.497. The number of ether oxygens (including phenoxy) is 2. The minimum Gasteiger partial charge on any atom is -0.462 e. The maximum Gasteiger partial charge on any atom is 0.315 e. The van der Waals surface area contributed by atoms with Gasteiger partial charge in [-0.3, -0.25) is 4.79 Å². The molecule has 3 heterocycles. The SMILES string of the molecule is C[C@]12CCC[C@]3(CO3)[C@@H]1C[C@H]1[C@@H](C2)OC(=O)[C@@H]1C[NH+]1CC[NH+](Cc2ccccc2)CC1. The number of fused-ring (bicyclic) bond motifs is 3. The molecule has 5 heteroatoms. The molecule has 0 aromatic heterocycles. The third kappa shape index (κ3) is 3.63. The summed E-state index contributed by atoms with van der Waals surface area (Å²) in [6, 6.07) is 10.8. The van der Waals surface area contributed by atoms with Crippen LogP contribution in [-0.4, -0.2) is 57.0 Å². The molecular weight excluding hydrogens is 388 g/mol. The van der Waals surface area contributed by atoms with Crippen molar-refractivity contribution in [3.05, 3.63) is 35.9 Å². The van der Waals surface area contributed by atoms with E-state index in [2.05, 4.69) is 37.3 Å². The molecule has 0 amide bonds. The second-order valence-electron chi connectivity index (χ2n) is 11.5. The van der Waals surface area contributed by atoms with Crippen LogP contribution in [-0.2, 0) is 20.8 Å². The summed E-state index contributed by atoms with van der Waals surface area (Å²) in [7, 11) is 0. The summed E-state index contributed by atoms with van der Waals surface area (Å²) in [5.74, 6) is 1.22. The van der Waals surface area contributed by atoms with Crippen molar-refractivity contribution in [2.24, 2.45) is 23.2 Å². The zero-order valence-electron chi connectivity index (χ0n) is 18.9. The monoisotopic (exact) mass is 426 g/mol. The van der Waals surface area contributed by atoms with E-state index in [0.717, 1.165) is 45.6 Å². The number of nitrogens with one attached hydrogen (secondary N) is 2. The van der Waals surface area contributed by atoms with Crippen molar-refractivity contribution in [3.63, 3.8) is 0 Å². The van der Waals surface area contributed by atoms with Crippen molar-refractivity contribution in [2.75, 3.05) is 39.3 Å². The molecule has 1 aromatic rings. The molecule has 5 aliphatic rings. The maximum atomic E-state index is 12.9. The Morgan fingerprint density at radius 3 is 2.55 bits per heavy atom. The summed E-state index contributed by atoms with van der Waals surface area (Å²) in [5, 5.41) is 0. The Morgan fingerprint density at radius 2 is 1.81 bits per heavy atom. The molecule has 5 fully saturated rings. The van der Waals surface area contributed by atoms with Gasteiger partial charge in [0.05, 0.1) is 18.8 Å². The van der Waals surface area contributed by atoms with Gasteiger partial charge in [-0.1, -0.05) is 37.3 Å². The molecule has 31 heavy (non-hydrogen) atoms. The van der Waals surface area contributed by atoms with Crippen LogP contribution in [0.15, 0.2) is 30.3 Å². The molecule has 2 saturated carbocycles. The van der Waals surface area contributed by atoms with Crippen LogP contribution in [0.1, 0.15) is 44.6 Å². The fraction of sp³-hybridized carbons (Fsp3) is 0.731. The Bertz CT molecular complexity index is 817. The Hall–Kier alpha value is -1.43. The molecule has 6 rings (SSSR count). The first kappa shape index (κ1) is 20.2. The second-order valence-corrected chi connectivity index (χ2v) is 11.5. The van der Waals surface area contributed by atoms with Crippen molar-refractivity contribution in [2.45, 2.75) is 57.3 Å². The molecule has 1 aromatic carbocycles. The lowest BCUT2D eigenvalue weighted by molar-refractivity contribution is -1.02. The molecule has 0 radical (unpaired) electrons. The van der Waals surface area contributed by atoms with Crippen LogP contribution in [0.3, 0.4) is 0 Å². The van der Waals surface area contributed by atoms with E-state index in [1.807, 2.05) is 0 Å². The number of carbonyl (C=O) groups is 1. The molecule has 1 spiro atoms. The highest BCUT2D eigenvalue weighted by Gasteiger charge is 2.65. The van der Waals surface area contributed by atoms with Crippen LogP contribution in [0.2, 0.25) is 0 Å². The minimum absolute atomic E-state index is 0.0922. The van der Waals surface area contributed by atoms with Crippen LogP contribution < -0.4 is 9.80 Å². The van der Waals surface area contributed by atoms with Gasteiger partial charge in [-0.25, -0.2) is 0 Å². The first-order valence-corrected chi connectivity index (χ1v) is 12.6. The van der Waals surface area contributed by atoms with E-state index in [1.165, 1.54) is 37.9 Å². The molecular formula is C26H38N2O3+2. The van der Waals surface area contributed by atoms with Crippen molar-refractivity contribution < 1.29 is 24.1 Å². The van der Waals surface area contributed by atoms with E-state index < -0.39 is 0 Å². The van der Waals surface area contributed by atoms with E-state index in [-0.39, 0.29) is 23.6 Å². The predicted molar refractivity (Wildman–Crippen MR) is 117 cm³/mol. The maximum absolute atomic E-state index is 12.9. The molecule has 0 bridgehead atoms. The van der Waals surface area contributed by atoms with Gasteiger partial charge in [-0.05, 0) is 43.4 Å². The summed E-state index contributed by atoms with van der Waals surface area (Å²) in [5.41, 5.74) is 1.87. The van der Waals surface area contributed by atoms with E-state index in [1.54, 1.807) is 9.80 Å². The number of quaternary nitrogens is 2. The molecule has 0 unspecified atom stereocenters. The normalized spacial score (nSPS) is 46.3. The first-order chi connectivity index (χ1) is 15.0. The Morgan fingerprint density at radius 1 is 1.06 bits per heavy atom. The number of esters is 1. The van der Waals surface area contributed by atoms with Crippen molar-refractivity contribution in [1.82, 2.24) is 0 Å². The van der Waals surface area contributed by atoms with Gasteiger partial charge >= 0.3 is 5.97 Å². The number of epoxide rings is 1. The average Bonchev–Trinajstić information content (AvgIpc) is 3.47. The quantitative estimate of drug-likeness (QED) is 0.545. The largest absolute Gasteiger partial charge is 0.462 e. The van der Waals surface area contributed by atoms with Gasteiger partial charge in [0.2, 0.25) is 0 Å². The van der Waals surface area contributed by atoms with Crippen molar-refractivity contribution >= 4 is 5.97 Å². The summed E-state index contributed by atoms with van der Waals surface area (Å²) in [4.78, 5) is 16.2.